The van der Waals surface area contributed by atoms with Crippen molar-refractivity contribution in [2.45, 2.75) is 65.0 Å². The lowest BCUT2D eigenvalue weighted by Gasteiger charge is -2.25. The summed E-state index contributed by atoms with van der Waals surface area (Å²) in [5.74, 6) is 1.05. The molecule has 2 aromatic rings. The summed E-state index contributed by atoms with van der Waals surface area (Å²) < 4.78 is 54.8. The number of alkyl carbamates (subject to hydrolysis) is 1. The standard InChI is InChI=1S/C23H27F3N2O4/c1-14-9-19-15(11-27-14)12-31-20-10-17(5-6-18(19)20)30-13-16(7-8-23(24,25)26)28-21(29)32-22(2,3)4/h5-6,9-11,16H,7-8,12-13H2,1-4H3,(H,28,29). The van der Waals surface area contributed by atoms with E-state index in [0.717, 1.165) is 22.4 Å². The van der Waals surface area contributed by atoms with Crippen molar-refractivity contribution in [3.63, 3.8) is 0 Å². The van der Waals surface area contributed by atoms with Gasteiger partial charge >= 0.3 is 12.3 Å². The Labute approximate surface area is 185 Å². The minimum absolute atomic E-state index is 0.145. The number of benzene rings is 1. The highest BCUT2D eigenvalue weighted by Crippen LogP contribution is 2.39. The Bertz CT molecular complexity index is 971. The van der Waals surface area contributed by atoms with Crippen molar-refractivity contribution < 1.29 is 32.2 Å². The number of ether oxygens (including phenoxy) is 3. The van der Waals surface area contributed by atoms with E-state index in [4.69, 9.17) is 14.2 Å². The smallest absolute Gasteiger partial charge is 0.407 e. The number of nitrogens with zero attached hydrogens (tertiary/aromatic N) is 1. The Morgan fingerprint density at radius 1 is 1.22 bits per heavy atom. The van der Waals surface area contributed by atoms with Crippen LogP contribution in [0.4, 0.5) is 18.0 Å². The second-order valence-corrected chi connectivity index (χ2v) is 8.74. The van der Waals surface area contributed by atoms with Crippen molar-refractivity contribution in [2.75, 3.05) is 6.61 Å². The first-order valence-electron chi connectivity index (χ1n) is 10.3. The van der Waals surface area contributed by atoms with Gasteiger partial charge in [-0.3, -0.25) is 4.98 Å². The molecule has 3 rings (SSSR count). The average Bonchev–Trinajstić information content (AvgIpc) is 2.67. The van der Waals surface area contributed by atoms with Gasteiger partial charge in [-0.1, -0.05) is 0 Å². The van der Waals surface area contributed by atoms with Gasteiger partial charge in [-0.25, -0.2) is 4.79 Å². The third-order valence-electron chi connectivity index (χ3n) is 4.70. The maximum atomic E-state index is 12.7. The number of carbonyl (C=O) groups is 1. The third kappa shape index (κ3) is 6.77. The Kier molecular flexibility index (Phi) is 6.85. The Morgan fingerprint density at radius 2 is 1.97 bits per heavy atom. The fourth-order valence-electron chi connectivity index (χ4n) is 3.25. The van der Waals surface area contributed by atoms with Crippen molar-refractivity contribution in [3.8, 4) is 22.6 Å². The summed E-state index contributed by atoms with van der Waals surface area (Å²) in [6.45, 7) is 7.16. The number of pyridine rings is 1. The molecule has 1 aliphatic heterocycles. The number of aromatic nitrogens is 1. The number of nitrogens with one attached hydrogen (secondary N) is 1. The summed E-state index contributed by atoms with van der Waals surface area (Å²) in [5, 5.41) is 2.47. The van der Waals surface area contributed by atoms with Crippen molar-refractivity contribution in [1.29, 1.82) is 0 Å². The van der Waals surface area contributed by atoms with Crippen LogP contribution in [0.3, 0.4) is 0 Å². The number of aryl methyl sites for hydroxylation is 1. The van der Waals surface area contributed by atoms with Gasteiger partial charge < -0.3 is 19.5 Å². The molecule has 0 bridgehead atoms. The molecule has 0 aliphatic carbocycles. The van der Waals surface area contributed by atoms with Crippen molar-refractivity contribution in [2.24, 2.45) is 0 Å². The normalized spacial score (nSPS) is 14.0. The molecule has 1 aliphatic rings. The van der Waals surface area contributed by atoms with E-state index < -0.39 is 30.3 Å². The zero-order valence-corrected chi connectivity index (χ0v) is 18.5. The predicted octanol–water partition coefficient (Wildman–Crippen LogP) is 5.56. The lowest BCUT2D eigenvalue weighted by atomic mass is 9.98. The van der Waals surface area contributed by atoms with Gasteiger partial charge in [0.05, 0.1) is 6.04 Å². The van der Waals surface area contributed by atoms with Crippen LogP contribution in [0.2, 0.25) is 0 Å². The van der Waals surface area contributed by atoms with E-state index in [2.05, 4.69) is 10.3 Å². The maximum Gasteiger partial charge on any atom is 0.407 e. The molecule has 174 valence electrons. The van der Waals surface area contributed by atoms with Crippen LogP contribution in [0.25, 0.3) is 11.1 Å². The SMILES string of the molecule is Cc1cc2c(cn1)COc1cc(OCC(CCC(F)(F)F)NC(=O)OC(C)(C)C)ccc1-2. The molecule has 32 heavy (non-hydrogen) atoms. The Balaban J connectivity index is 1.69. The molecule has 0 saturated carbocycles. The van der Waals surface area contributed by atoms with Crippen LogP contribution in [0.15, 0.2) is 30.5 Å². The molecule has 0 radical (unpaired) electrons. The van der Waals surface area contributed by atoms with E-state index >= 15 is 0 Å². The quantitative estimate of drug-likeness (QED) is 0.621. The van der Waals surface area contributed by atoms with E-state index in [1.54, 1.807) is 39.1 Å². The molecule has 1 amide bonds. The number of hydrogen-bond donors (Lipinski definition) is 1. The van der Waals surface area contributed by atoms with E-state index in [9.17, 15) is 18.0 Å². The van der Waals surface area contributed by atoms with Crippen LogP contribution in [0.5, 0.6) is 11.5 Å². The van der Waals surface area contributed by atoms with Gasteiger partial charge in [0.2, 0.25) is 0 Å². The minimum Gasteiger partial charge on any atom is -0.491 e. The van der Waals surface area contributed by atoms with Crippen molar-refractivity contribution in [3.05, 3.63) is 41.7 Å². The van der Waals surface area contributed by atoms with Crippen LogP contribution >= 0.6 is 0 Å². The third-order valence-corrected chi connectivity index (χ3v) is 4.70. The fourth-order valence-corrected chi connectivity index (χ4v) is 3.25. The molecule has 1 aromatic carbocycles. The monoisotopic (exact) mass is 452 g/mol. The molecule has 1 N–H and O–H groups in total. The molecular formula is C23H27F3N2O4. The largest absolute Gasteiger partial charge is 0.491 e. The summed E-state index contributed by atoms with van der Waals surface area (Å²) in [5.41, 5.74) is 3.02. The van der Waals surface area contributed by atoms with Gasteiger partial charge in [-0.15, -0.1) is 0 Å². The number of hydrogen-bond acceptors (Lipinski definition) is 5. The second-order valence-electron chi connectivity index (χ2n) is 8.74. The van der Waals surface area contributed by atoms with Gasteiger partial charge in [0, 0.05) is 35.5 Å². The number of fused-ring (bicyclic) bond motifs is 3. The number of rotatable bonds is 6. The highest BCUT2D eigenvalue weighted by Gasteiger charge is 2.30. The second kappa shape index (κ2) is 9.26. The zero-order chi connectivity index (χ0) is 23.5. The number of amides is 1. The lowest BCUT2D eigenvalue weighted by Crippen LogP contribution is -2.42. The summed E-state index contributed by atoms with van der Waals surface area (Å²) in [6, 6.07) is 6.37. The molecule has 2 heterocycles. The molecular weight excluding hydrogens is 425 g/mol. The summed E-state index contributed by atoms with van der Waals surface area (Å²) in [4.78, 5) is 16.3. The van der Waals surface area contributed by atoms with Crippen molar-refractivity contribution >= 4 is 6.09 Å². The van der Waals surface area contributed by atoms with E-state index in [0.29, 0.717) is 18.1 Å². The average molecular weight is 452 g/mol. The van der Waals surface area contributed by atoms with E-state index in [1.165, 1.54) is 0 Å². The van der Waals surface area contributed by atoms with Crippen LogP contribution < -0.4 is 14.8 Å². The first-order valence-corrected chi connectivity index (χ1v) is 10.3. The predicted molar refractivity (Wildman–Crippen MR) is 113 cm³/mol. The Morgan fingerprint density at radius 3 is 2.66 bits per heavy atom. The first-order chi connectivity index (χ1) is 14.9. The zero-order valence-electron chi connectivity index (χ0n) is 18.5. The lowest BCUT2D eigenvalue weighted by molar-refractivity contribution is -0.137. The molecule has 1 aromatic heterocycles. The number of halogens is 3. The van der Waals surface area contributed by atoms with E-state index in [-0.39, 0.29) is 13.0 Å². The molecule has 6 nitrogen and oxygen atoms in total. The maximum absolute atomic E-state index is 12.7. The highest BCUT2D eigenvalue weighted by atomic mass is 19.4. The fraction of sp³-hybridized carbons (Fsp3) is 0.478. The van der Waals surface area contributed by atoms with Gasteiger partial charge in [0.15, 0.2) is 0 Å². The number of carbonyl (C=O) groups excluding carboxylic acids is 1. The topological polar surface area (TPSA) is 69.7 Å². The van der Waals surface area contributed by atoms with Gasteiger partial charge in [-0.05, 0) is 57.9 Å². The van der Waals surface area contributed by atoms with Crippen LogP contribution in [0, 0.1) is 6.92 Å². The first kappa shape index (κ1) is 23.7. The molecule has 1 unspecified atom stereocenters. The van der Waals surface area contributed by atoms with Gasteiger partial charge in [0.25, 0.3) is 0 Å². The minimum atomic E-state index is -4.34. The Hall–Kier alpha value is -2.97. The summed E-state index contributed by atoms with van der Waals surface area (Å²) in [7, 11) is 0. The summed E-state index contributed by atoms with van der Waals surface area (Å²) >= 11 is 0. The molecule has 0 saturated heterocycles. The summed E-state index contributed by atoms with van der Waals surface area (Å²) in [6.07, 6.45) is -4.72. The van der Waals surface area contributed by atoms with E-state index in [1.807, 2.05) is 19.1 Å². The molecule has 9 heteroatoms. The van der Waals surface area contributed by atoms with Gasteiger partial charge in [-0.2, -0.15) is 13.2 Å². The van der Waals surface area contributed by atoms with Crippen LogP contribution in [-0.2, 0) is 11.3 Å². The van der Waals surface area contributed by atoms with Crippen LogP contribution in [-0.4, -0.2) is 35.5 Å². The highest BCUT2D eigenvalue weighted by molar-refractivity contribution is 5.75. The van der Waals surface area contributed by atoms with Crippen LogP contribution in [0.1, 0.15) is 44.9 Å². The molecule has 0 fully saturated rings. The molecule has 0 spiro atoms. The number of alkyl halides is 3. The van der Waals surface area contributed by atoms with Crippen molar-refractivity contribution in [1.82, 2.24) is 10.3 Å². The van der Waals surface area contributed by atoms with Gasteiger partial charge in [0.1, 0.15) is 30.3 Å². The molecule has 1 atom stereocenters.